The largest absolute Gasteiger partial charge is 0.287 e. The molecule has 0 aromatic carbocycles. The van der Waals surface area contributed by atoms with Crippen LogP contribution in [0.25, 0.3) is 0 Å². The van der Waals surface area contributed by atoms with Crippen LogP contribution in [0.1, 0.15) is 85.0 Å². The zero-order valence-corrected chi connectivity index (χ0v) is 13.5. The van der Waals surface area contributed by atoms with Gasteiger partial charge in [0.25, 0.3) is 0 Å². The molecular weight excluding hydrogens is 240 g/mol. The minimum atomic E-state index is 0.0402. The molecule has 0 amide bonds. The molecule has 0 aliphatic heterocycles. The Bertz CT molecular complexity index is 203. The fourth-order valence-corrected chi connectivity index (χ4v) is 2.52. The first-order valence-corrected chi connectivity index (χ1v) is 8.27. The Morgan fingerprint density at radius 2 is 1.33 bits per heavy atom. The summed E-state index contributed by atoms with van der Waals surface area (Å²) < 4.78 is 0. The van der Waals surface area contributed by atoms with Gasteiger partial charge in [0.05, 0.1) is 0 Å². The lowest BCUT2D eigenvalue weighted by Gasteiger charge is -2.16. The summed E-state index contributed by atoms with van der Waals surface area (Å²) in [5.74, 6) is 0.599. The molecule has 0 aliphatic rings. The van der Waals surface area contributed by atoms with E-state index in [2.05, 4.69) is 26.5 Å². The highest BCUT2D eigenvalue weighted by molar-refractivity contribution is 7.96. The molecule has 0 bridgehead atoms. The lowest BCUT2D eigenvalue weighted by molar-refractivity contribution is -0.115. The van der Waals surface area contributed by atoms with Gasteiger partial charge in [-0.1, -0.05) is 78.6 Å². The number of hydrogen-bond acceptors (Lipinski definition) is 1. The second kappa shape index (κ2) is 12.1. The summed E-state index contributed by atoms with van der Waals surface area (Å²) in [5.41, 5.74) is 0. The summed E-state index contributed by atoms with van der Waals surface area (Å²) in [4.78, 5) is 11.1. The van der Waals surface area contributed by atoms with Gasteiger partial charge in [-0.3, -0.25) is 4.79 Å². The monoisotopic (exact) mass is 272 g/mol. The van der Waals surface area contributed by atoms with Gasteiger partial charge in [0.1, 0.15) is 0 Å². The van der Waals surface area contributed by atoms with Crippen molar-refractivity contribution in [1.82, 2.24) is 0 Å². The summed E-state index contributed by atoms with van der Waals surface area (Å²) in [6, 6.07) is 0. The third-order valence-electron chi connectivity index (χ3n) is 4.01. The molecule has 0 saturated heterocycles. The van der Waals surface area contributed by atoms with Crippen LogP contribution in [0.4, 0.5) is 0 Å². The Kier molecular flexibility index (Phi) is 12.1. The molecule has 0 N–H and O–H groups in total. The highest BCUT2D eigenvalue weighted by atomic mass is 32.1. The van der Waals surface area contributed by atoms with Crippen molar-refractivity contribution in [1.29, 1.82) is 0 Å². The van der Waals surface area contributed by atoms with Gasteiger partial charge < -0.3 is 0 Å². The van der Waals surface area contributed by atoms with E-state index in [1.54, 1.807) is 0 Å². The molecule has 2 heteroatoms. The third kappa shape index (κ3) is 9.99. The number of thiol groups is 1. The maximum absolute atomic E-state index is 11.1. The van der Waals surface area contributed by atoms with E-state index >= 15 is 0 Å². The van der Waals surface area contributed by atoms with Gasteiger partial charge in [-0.15, -0.1) is 12.6 Å². The maximum atomic E-state index is 11.1. The van der Waals surface area contributed by atoms with Gasteiger partial charge in [-0.25, -0.2) is 0 Å². The van der Waals surface area contributed by atoms with E-state index < -0.39 is 0 Å². The summed E-state index contributed by atoms with van der Waals surface area (Å²) in [7, 11) is 0. The standard InChI is InChI=1S/C16H32OS/c1-4-5-6-7-8-9-10-11-12-13-14(2)15(3)16(17)18/h14-15H,4-13H2,1-3H3,(H,17,18). The highest BCUT2D eigenvalue weighted by Gasteiger charge is 2.16. The van der Waals surface area contributed by atoms with Crippen LogP contribution in [0.3, 0.4) is 0 Å². The molecule has 18 heavy (non-hydrogen) atoms. The zero-order chi connectivity index (χ0) is 13.8. The Hall–Kier alpha value is 0.0200. The van der Waals surface area contributed by atoms with Crippen LogP contribution in [0.15, 0.2) is 0 Å². The van der Waals surface area contributed by atoms with Crippen LogP contribution >= 0.6 is 12.6 Å². The van der Waals surface area contributed by atoms with Crippen LogP contribution < -0.4 is 0 Å². The van der Waals surface area contributed by atoms with E-state index in [9.17, 15) is 4.79 Å². The lowest BCUT2D eigenvalue weighted by Crippen LogP contribution is -2.14. The average Bonchev–Trinajstić information content (AvgIpc) is 2.35. The van der Waals surface area contributed by atoms with Crippen molar-refractivity contribution in [3.63, 3.8) is 0 Å². The molecule has 0 spiro atoms. The summed E-state index contributed by atoms with van der Waals surface area (Å²) in [5, 5.41) is 0.0402. The Morgan fingerprint density at radius 1 is 0.889 bits per heavy atom. The van der Waals surface area contributed by atoms with Gasteiger partial charge in [-0.05, 0) is 12.3 Å². The molecule has 0 saturated carbocycles. The van der Waals surface area contributed by atoms with E-state index in [1.807, 2.05) is 6.92 Å². The molecule has 0 fully saturated rings. The van der Waals surface area contributed by atoms with Crippen LogP contribution in [0.5, 0.6) is 0 Å². The molecule has 0 aromatic rings. The van der Waals surface area contributed by atoms with Crippen molar-refractivity contribution in [3.05, 3.63) is 0 Å². The molecule has 2 unspecified atom stereocenters. The second-order valence-corrected chi connectivity index (χ2v) is 6.16. The van der Waals surface area contributed by atoms with Crippen molar-refractivity contribution in [2.24, 2.45) is 11.8 Å². The van der Waals surface area contributed by atoms with Crippen molar-refractivity contribution >= 4 is 17.7 Å². The van der Waals surface area contributed by atoms with E-state index in [1.165, 1.54) is 64.2 Å². The number of carbonyl (C=O) groups is 1. The van der Waals surface area contributed by atoms with Gasteiger partial charge in [0.15, 0.2) is 5.12 Å². The lowest BCUT2D eigenvalue weighted by atomic mass is 9.91. The van der Waals surface area contributed by atoms with E-state index in [-0.39, 0.29) is 11.0 Å². The van der Waals surface area contributed by atoms with Crippen LogP contribution in [0.2, 0.25) is 0 Å². The van der Waals surface area contributed by atoms with Crippen molar-refractivity contribution < 1.29 is 4.79 Å². The Morgan fingerprint density at radius 3 is 1.78 bits per heavy atom. The SMILES string of the molecule is CCCCCCCCCCCC(C)C(C)C(=O)S. The minimum absolute atomic E-state index is 0.0402. The van der Waals surface area contributed by atoms with E-state index in [4.69, 9.17) is 0 Å². The smallest absolute Gasteiger partial charge is 0.188 e. The topological polar surface area (TPSA) is 17.1 Å². The van der Waals surface area contributed by atoms with Crippen molar-refractivity contribution in [2.75, 3.05) is 0 Å². The second-order valence-electron chi connectivity index (χ2n) is 5.72. The molecule has 108 valence electrons. The Labute approximate surface area is 120 Å². The first-order chi connectivity index (χ1) is 8.59. The molecule has 0 heterocycles. The van der Waals surface area contributed by atoms with Gasteiger partial charge in [-0.2, -0.15) is 0 Å². The predicted octanol–water partition coefficient (Wildman–Crippen LogP) is 5.64. The third-order valence-corrected chi connectivity index (χ3v) is 4.41. The fraction of sp³-hybridized carbons (Fsp3) is 0.938. The van der Waals surface area contributed by atoms with Crippen molar-refractivity contribution in [3.8, 4) is 0 Å². The van der Waals surface area contributed by atoms with Crippen molar-refractivity contribution in [2.45, 2.75) is 85.0 Å². The summed E-state index contributed by atoms with van der Waals surface area (Å²) in [6.45, 7) is 6.43. The van der Waals surface area contributed by atoms with Crippen LogP contribution in [-0.4, -0.2) is 5.12 Å². The van der Waals surface area contributed by atoms with E-state index in [0.717, 1.165) is 0 Å². The number of carbonyl (C=O) groups excluding carboxylic acids is 1. The van der Waals surface area contributed by atoms with Gasteiger partial charge >= 0.3 is 0 Å². The van der Waals surface area contributed by atoms with Crippen LogP contribution in [-0.2, 0) is 4.79 Å². The fourth-order valence-electron chi connectivity index (χ4n) is 2.27. The van der Waals surface area contributed by atoms with Crippen LogP contribution in [0, 0.1) is 11.8 Å². The van der Waals surface area contributed by atoms with Gasteiger partial charge in [0, 0.05) is 5.92 Å². The molecule has 0 aliphatic carbocycles. The highest BCUT2D eigenvalue weighted by Crippen LogP contribution is 2.21. The summed E-state index contributed by atoms with van der Waals surface area (Å²) >= 11 is 3.91. The quantitative estimate of drug-likeness (QED) is 0.359. The average molecular weight is 272 g/mol. The molecule has 2 atom stereocenters. The maximum Gasteiger partial charge on any atom is 0.188 e. The Balaban J connectivity index is 3.27. The zero-order valence-electron chi connectivity index (χ0n) is 12.6. The first kappa shape index (κ1) is 18.0. The minimum Gasteiger partial charge on any atom is -0.287 e. The normalized spacial score (nSPS) is 14.4. The molecular formula is C16H32OS. The molecule has 0 rings (SSSR count). The predicted molar refractivity (Wildman–Crippen MR) is 84.2 cm³/mol. The molecule has 0 radical (unpaired) electrons. The van der Waals surface area contributed by atoms with Gasteiger partial charge in [0.2, 0.25) is 0 Å². The molecule has 1 nitrogen and oxygen atoms in total. The van der Waals surface area contributed by atoms with E-state index in [0.29, 0.717) is 5.92 Å². The first-order valence-electron chi connectivity index (χ1n) is 7.82. The number of hydrogen-bond donors (Lipinski definition) is 1. The number of unbranched alkanes of at least 4 members (excludes halogenated alkanes) is 8. The summed E-state index contributed by atoms with van der Waals surface area (Å²) in [6.07, 6.45) is 13.5. The molecule has 0 aromatic heterocycles. The number of rotatable bonds is 12.